The van der Waals surface area contributed by atoms with E-state index in [1.807, 2.05) is 0 Å². The third-order valence-electron chi connectivity index (χ3n) is 6.09. The first-order chi connectivity index (χ1) is 11.8. The highest BCUT2D eigenvalue weighted by Gasteiger charge is 2.40. The van der Waals surface area contributed by atoms with Gasteiger partial charge in [0, 0.05) is 0 Å². The normalized spacial score (nSPS) is 13.4. The molecule has 1 unspecified atom stereocenters. The molecule has 0 aromatic rings. The van der Waals surface area contributed by atoms with Gasteiger partial charge in [0.05, 0.1) is 11.3 Å². The minimum atomic E-state index is -0.765. The molecule has 25 heavy (non-hydrogen) atoms. The molecular formula is C21H40O4. The fourth-order valence-electron chi connectivity index (χ4n) is 3.87. The molecule has 0 bridgehead atoms. The number of hydrogen-bond acceptors (Lipinski definition) is 2. The van der Waals surface area contributed by atoms with E-state index in [9.17, 15) is 14.7 Å². The average molecular weight is 357 g/mol. The standard InChI is InChI=1S/C21H40O4/c1-6-17(7-2)14-21(20(24)25,15-18(8-3)9-4)13-11-10-12-16(5)19(22)23/h16-18H,6-15H2,1-5H3,(H,22,23)(H,24,25). The van der Waals surface area contributed by atoms with Crippen LogP contribution in [-0.4, -0.2) is 22.2 Å². The van der Waals surface area contributed by atoms with Crippen LogP contribution in [0.25, 0.3) is 0 Å². The monoisotopic (exact) mass is 356 g/mol. The Labute approximate surface area is 154 Å². The third-order valence-corrected chi connectivity index (χ3v) is 6.09. The topological polar surface area (TPSA) is 74.6 Å². The van der Waals surface area contributed by atoms with Crippen molar-refractivity contribution in [1.82, 2.24) is 0 Å². The Morgan fingerprint density at radius 2 is 1.28 bits per heavy atom. The summed E-state index contributed by atoms with van der Waals surface area (Å²) in [6.07, 6.45) is 8.45. The summed E-state index contributed by atoms with van der Waals surface area (Å²) >= 11 is 0. The molecule has 0 aliphatic heterocycles. The van der Waals surface area contributed by atoms with Crippen LogP contribution in [0, 0.1) is 23.2 Å². The van der Waals surface area contributed by atoms with Crippen LogP contribution < -0.4 is 0 Å². The summed E-state index contributed by atoms with van der Waals surface area (Å²) in [7, 11) is 0. The highest BCUT2D eigenvalue weighted by Crippen LogP contribution is 2.42. The minimum absolute atomic E-state index is 0.350. The fourth-order valence-corrected chi connectivity index (χ4v) is 3.87. The van der Waals surface area contributed by atoms with Crippen molar-refractivity contribution < 1.29 is 19.8 Å². The van der Waals surface area contributed by atoms with Gasteiger partial charge in [0.15, 0.2) is 0 Å². The molecule has 2 N–H and O–H groups in total. The van der Waals surface area contributed by atoms with E-state index in [0.717, 1.165) is 51.4 Å². The SMILES string of the molecule is CCC(CC)CC(CCCCC(C)C(=O)O)(CC(CC)CC)C(=O)O. The lowest BCUT2D eigenvalue weighted by Crippen LogP contribution is -2.35. The zero-order valence-corrected chi connectivity index (χ0v) is 17.0. The van der Waals surface area contributed by atoms with E-state index >= 15 is 0 Å². The molecule has 0 heterocycles. The molecule has 4 heteroatoms. The largest absolute Gasteiger partial charge is 0.481 e. The molecule has 0 aromatic carbocycles. The Balaban J connectivity index is 5.11. The lowest BCUT2D eigenvalue weighted by molar-refractivity contribution is -0.152. The number of carbonyl (C=O) groups is 2. The van der Waals surface area contributed by atoms with Crippen molar-refractivity contribution in [3.05, 3.63) is 0 Å². The third kappa shape index (κ3) is 8.24. The number of carboxylic acid groups (broad SMARTS) is 2. The van der Waals surface area contributed by atoms with E-state index in [0.29, 0.717) is 24.7 Å². The van der Waals surface area contributed by atoms with Gasteiger partial charge in [-0.15, -0.1) is 0 Å². The van der Waals surface area contributed by atoms with Gasteiger partial charge in [0.2, 0.25) is 0 Å². The van der Waals surface area contributed by atoms with Crippen molar-refractivity contribution >= 4 is 11.9 Å². The first-order valence-corrected chi connectivity index (χ1v) is 10.2. The molecule has 0 saturated heterocycles. The lowest BCUT2D eigenvalue weighted by Gasteiger charge is -2.35. The molecule has 0 spiro atoms. The molecule has 148 valence electrons. The maximum atomic E-state index is 12.3. The van der Waals surface area contributed by atoms with Gasteiger partial charge in [-0.25, -0.2) is 0 Å². The summed E-state index contributed by atoms with van der Waals surface area (Å²) in [5.41, 5.74) is -0.653. The maximum absolute atomic E-state index is 12.3. The number of unbranched alkanes of at least 4 members (excludes halogenated alkanes) is 1. The predicted octanol–water partition coefficient (Wildman–Crippen LogP) is 5.99. The minimum Gasteiger partial charge on any atom is -0.481 e. The van der Waals surface area contributed by atoms with E-state index in [1.54, 1.807) is 6.92 Å². The van der Waals surface area contributed by atoms with E-state index < -0.39 is 17.4 Å². The Kier molecular flexibility index (Phi) is 11.8. The zero-order chi connectivity index (χ0) is 19.5. The highest BCUT2D eigenvalue weighted by molar-refractivity contribution is 5.74. The van der Waals surface area contributed by atoms with Crippen molar-refractivity contribution in [3.63, 3.8) is 0 Å². The first kappa shape index (κ1) is 23.9. The molecule has 0 saturated carbocycles. The van der Waals surface area contributed by atoms with E-state index in [1.165, 1.54) is 0 Å². The van der Waals surface area contributed by atoms with Crippen molar-refractivity contribution in [2.75, 3.05) is 0 Å². The van der Waals surface area contributed by atoms with Crippen LogP contribution in [0.1, 0.15) is 98.8 Å². The molecule has 0 aromatic heterocycles. The highest BCUT2D eigenvalue weighted by atomic mass is 16.4. The van der Waals surface area contributed by atoms with Crippen LogP contribution in [0.3, 0.4) is 0 Å². The van der Waals surface area contributed by atoms with Crippen LogP contribution in [0.5, 0.6) is 0 Å². The summed E-state index contributed by atoms with van der Waals surface area (Å²) in [6.45, 7) is 10.3. The Morgan fingerprint density at radius 1 is 0.840 bits per heavy atom. The van der Waals surface area contributed by atoms with Gasteiger partial charge in [-0.05, 0) is 37.5 Å². The van der Waals surface area contributed by atoms with Crippen LogP contribution in [0.4, 0.5) is 0 Å². The summed E-state index contributed by atoms with van der Waals surface area (Å²) in [5.74, 6) is -0.875. The van der Waals surface area contributed by atoms with E-state index in [-0.39, 0.29) is 5.92 Å². The van der Waals surface area contributed by atoms with Gasteiger partial charge in [-0.2, -0.15) is 0 Å². The summed E-state index contributed by atoms with van der Waals surface area (Å²) in [5, 5.41) is 19.1. The van der Waals surface area contributed by atoms with Crippen LogP contribution in [0.2, 0.25) is 0 Å². The second kappa shape index (κ2) is 12.3. The quantitative estimate of drug-likeness (QED) is 0.353. The van der Waals surface area contributed by atoms with Gasteiger partial charge in [0.25, 0.3) is 0 Å². The zero-order valence-electron chi connectivity index (χ0n) is 17.0. The van der Waals surface area contributed by atoms with Crippen molar-refractivity contribution in [1.29, 1.82) is 0 Å². The molecular weight excluding hydrogens is 316 g/mol. The number of carboxylic acids is 2. The van der Waals surface area contributed by atoms with Crippen LogP contribution in [0.15, 0.2) is 0 Å². The number of aliphatic carboxylic acids is 2. The maximum Gasteiger partial charge on any atom is 0.309 e. The molecule has 0 aliphatic carbocycles. The van der Waals surface area contributed by atoms with E-state index in [4.69, 9.17) is 5.11 Å². The number of rotatable bonds is 15. The van der Waals surface area contributed by atoms with Crippen LogP contribution >= 0.6 is 0 Å². The molecule has 0 fully saturated rings. The van der Waals surface area contributed by atoms with Gasteiger partial charge < -0.3 is 10.2 Å². The molecule has 1 atom stereocenters. The average Bonchev–Trinajstić information content (AvgIpc) is 2.59. The number of hydrogen-bond donors (Lipinski definition) is 2. The van der Waals surface area contributed by atoms with Gasteiger partial charge in [-0.1, -0.05) is 73.1 Å². The van der Waals surface area contributed by atoms with Crippen molar-refractivity contribution in [2.24, 2.45) is 23.2 Å². The molecule has 0 amide bonds. The van der Waals surface area contributed by atoms with Gasteiger partial charge >= 0.3 is 11.9 Å². The molecule has 4 nitrogen and oxygen atoms in total. The molecule has 0 radical (unpaired) electrons. The first-order valence-electron chi connectivity index (χ1n) is 10.2. The second-order valence-corrected chi connectivity index (χ2v) is 7.84. The van der Waals surface area contributed by atoms with Crippen molar-refractivity contribution in [3.8, 4) is 0 Å². The second-order valence-electron chi connectivity index (χ2n) is 7.84. The van der Waals surface area contributed by atoms with Crippen LogP contribution in [-0.2, 0) is 9.59 Å². The summed E-state index contributed by atoms with van der Waals surface area (Å²) < 4.78 is 0. The molecule has 0 aliphatic rings. The van der Waals surface area contributed by atoms with Crippen molar-refractivity contribution in [2.45, 2.75) is 98.8 Å². The predicted molar refractivity (Wildman–Crippen MR) is 103 cm³/mol. The molecule has 0 rings (SSSR count). The lowest BCUT2D eigenvalue weighted by atomic mass is 9.68. The van der Waals surface area contributed by atoms with E-state index in [2.05, 4.69) is 27.7 Å². The summed E-state index contributed by atoms with van der Waals surface area (Å²) in [6, 6.07) is 0. The van der Waals surface area contributed by atoms with Gasteiger partial charge in [-0.3, -0.25) is 9.59 Å². The fraction of sp³-hybridized carbons (Fsp3) is 0.905. The smallest absolute Gasteiger partial charge is 0.309 e. The summed E-state index contributed by atoms with van der Waals surface area (Å²) in [4.78, 5) is 23.2. The Bertz CT molecular complexity index is 369. The van der Waals surface area contributed by atoms with Gasteiger partial charge in [0.1, 0.15) is 0 Å². The Hall–Kier alpha value is -1.06. The Morgan fingerprint density at radius 3 is 1.60 bits per heavy atom.